The molecule has 1 unspecified atom stereocenters. The van der Waals surface area contributed by atoms with Gasteiger partial charge in [0.05, 0.1) is 0 Å². The Morgan fingerprint density at radius 3 is 2.65 bits per heavy atom. The second-order valence-electron chi connectivity index (χ2n) is 9.50. The Labute approximate surface area is 155 Å². The molecule has 0 heterocycles. The van der Waals surface area contributed by atoms with Crippen LogP contribution in [-0.4, -0.2) is 17.5 Å². The zero-order valence-electron chi connectivity index (χ0n) is 16.0. The number of amides is 1. The molecule has 0 aliphatic heterocycles. The topological polar surface area (TPSA) is 77.2 Å². The van der Waals surface area contributed by atoms with Crippen LogP contribution in [-0.2, 0) is 14.4 Å². The van der Waals surface area contributed by atoms with Crippen LogP contribution in [0.15, 0.2) is 23.8 Å². The lowest BCUT2D eigenvalue weighted by Crippen LogP contribution is -2.55. The van der Waals surface area contributed by atoms with Gasteiger partial charge in [-0.3, -0.25) is 14.4 Å². The average Bonchev–Trinajstić information content (AvgIpc) is 2.90. The van der Waals surface area contributed by atoms with Crippen molar-refractivity contribution in [3.8, 4) is 0 Å². The number of hydrogen-bond acceptors (Lipinski definition) is 3. The molecule has 1 amide bonds. The standard InChI is InChI=1S/C22H29NO3/c1-12(20(23)26)16-6-7-17-15-5-4-13-10-14(24)8-9-21(13,2)19(15)18(25)11-22(16,17)3/h8-10,12,15-17,19H,4-7,11H2,1-3H3,(H2,23,26)/t12?,15-,16+,17-,19+,21-,22+/m0/s1. The molecule has 4 nitrogen and oxygen atoms in total. The van der Waals surface area contributed by atoms with Gasteiger partial charge in [0.15, 0.2) is 5.78 Å². The number of allylic oxidation sites excluding steroid dienone is 4. The molecule has 4 heteroatoms. The number of hydrogen-bond donors (Lipinski definition) is 1. The maximum Gasteiger partial charge on any atom is 0.220 e. The van der Waals surface area contributed by atoms with Gasteiger partial charge in [-0.15, -0.1) is 0 Å². The first-order valence-corrected chi connectivity index (χ1v) is 9.95. The van der Waals surface area contributed by atoms with E-state index in [1.54, 1.807) is 12.2 Å². The third-order valence-electron chi connectivity index (χ3n) is 8.38. The highest BCUT2D eigenvalue weighted by Crippen LogP contribution is 2.65. The second kappa shape index (κ2) is 5.64. The van der Waals surface area contributed by atoms with E-state index in [1.807, 2.05) is 13.0 Å². The fourth-order valence-corrected chi connectivity index (χ4v) is 7.09. The number of carbonyl (C=O) groups is 3. The van der Waals surface area contributed by atoms with Gasteiger partial charge in [0.1, 0.15) is 5.78 Å². The summed E-state index contributed by atoms with van der Waals surface area (Å²) in [4.78, 5) is 37.0. The molecule has 0 aromatic rings. The first-order valence-electron chi connectivity index (χ1n) is 9.95. The van der Waals surface area contributed by atoms with Crippen LogP contribution in [0, 0.1) is 40.4 Å². The maximum absolute atomic E-state index is 13.4. The molecule has 0 aromatic heterocycles. The molecule has 4 aliphatic carbocycles. The minimum Gasteiger partial charge on any atom is -0.369 e. The molecule has 4 rings (SSSR count). The number of ketones is 2. The van der Waals surface area contributed by atoms with Crippen LogP contribution in [0.25, 0.3) is 0 Å². The Morgan fingerprint density at radius 1 is 1.23 bits per heavy atom. The van der Waals surface area contributed by atoms with Crippen LogP contribution in [0.2, 0.25) is 0 Å². The monoisotopic (exact) mass is 355 g/mol. The normalized spacial score (nSPS) is 45.4. The van der Waals surface area contributed by atoms with Crippen LogP contribution >= 0.6 is 0 Å². The molecular formula is C22H29NO3. The maximum atomic E-state index is 13.4. The van der Waals surface area contributed by atoms with E-state index in [-0.39, 0.29) is 40.3 Å². The van der Waals surface area contributed by atoms with Gasteiger partial charge in [0, 0.05) is 23.7 Å². The Bertz CT molecular complexity index is 750. The molecule has 0 spiro atoms. The lowest BCUT2D eigenvalue weighted by atomic mass is 9.47. The summed E-state index contributed by atoms with van der Waals surface area (Å²) < 4.78 is 0. The smallest absolute Gasteiger partial charge is 0.220 e. The number of Topliss-reactive ketones (excluding diaryl/α,β-unsaturated/α-hetero) is 1. The zero-order valence-corrected chi connectivity index (χ0v) is 16.0. The summed E-state index contributed by atoms with van der Waals surface area (Å²) in [5.41, 5.74) is 6.30. The lowest BCUT2D eigenvalue weighted by Gasteiger charge is -2.56. The minimum atomic E-state index is -0.317. The Morgan fingerprint density at radius 2 is 1.96 bits per heavy atom. The summed E-state index contributed by atoms with van der Waals surface area (Å²) in [6.07, 6.45) is 9.83. The third kappa shape index (κ3) is 2.23. The number of primary amides is 1. The van der Waals surface area contributed by atoms with E-state index in [0.29, 0.717) is 24.0 Å². The van der Waals surface area contributed by atoms with Gasteiger partial charge in [-0.1, -0.05) is 32.4 Å². The van der Waals surface area contributed by atoms with E-state index in [4.69, 9.17) is 5.73 Å². The van der Waals surface area contributed by atoms with E-state index >= 15 is 0 Å². The molecule has 3 fully saturated rings. The van der Waals surface area contributed by atoms with Gasteiger partial charge >= 0.3 is 0 Å². The highest BCUT2D eigenvalue weighted by atomic mass is 16.1. The summed E-state index contributed by atoms with van der Waals surface area (Å²) in [7, 11) is 0. The quantitative estimate of drug-likeness (QED) is 0.826. The van der Waals surface area contributed by atoms with Crippen molar-refractivity contribution < 1.29 is 14.4 Å². The minimum absolute atomic E-state index is 0.0347. The fraction of sp³-hybridized carbons (Fsp3) is 0.682. The summed E-state index contributed by atoms with van der Waals surface area (Å²) in [5.74, 6) is 0.880. The predicted octanol–water partition coefficient (Wildman–Crippen LogP) is 3.21. The van der Waals surface area contributed by atoms with Crippen molar-refractivity contribution in [1.82, 2.24) is 0 Å². The molecule has 0 bridgehead atoms. The second-order valence-corrected chi connectivity index (χ2v) is 9.50. The van der Waals surface area contributed by atoms with Gasteiger partial charge < -0.3 is 5.73 Å². The molecule has 26 heavy (non-hydrogen) atoms. The molecule has 0 radical (unpaired) electrons. The Balaban J connectivity index is 1.71. The van der Waals surface area contributed by atoms with Crippen LogP contribution in [0.4, 0.5) is 0 Å². The van der Waals surface area contributed by atoms with Crippen LogP contribution in [0.1, 0.15) is 52.9 Å². The van der Waals surface area contributed by atoms with E-state index in [0.717, 1.165) is 31.3 Å². The number of nitrogens with two attached hydrogens (primary N) is 1. The molecular weight excluding hydrogens is 326 g/mol. The lowest BCUT2D eigenvalue weighted by molar-refractivity contribution is -0.145. The van der Waals surface area contributed by atoms with Crippen LogP contribution in [0.3, 0.4) is 0 Å². The molecule has 0 aromatic carbocycles. The summed E-state index contributed by atoms with van der Waals surface area (Å²) >= 11 is 0. The number of rotatable bonds is 2. The Kier molecular flexibility index (Phi) is 3.84. The van der Waals surface area contributed by atoms with Crippen molar-refractivity contribution in [2.75, 3.05) is 0 Å². The largest absolute Gasteiger partial charge is 0.369 e. The van der Waals surface area contributed by atoms with Gasteiger partial charge in [0.25, 0.3) is 0 Å². The number of fused-ring (bicyclic) bond motifs is 5. The average molecular weight is 355 g/mol. The SMILES string of the molecule is CC(C(N)=O)[C@H]1CC[C@H]2[C@@H]3CCC4=CC(=O)C=C[C@]4(C)[C@H]3C(=O)C[C@]12C. The van der Waals surface area contributed by atoms with Gasteiger partial charge in [-0.05, 0) is 61.0 Å². The number of carbonyl (C=O) groups excluding carboxylic acids is 3. The summed E-state index contributed by atoms with van der Waals surface area (Å²) in [5, 5.41) is 0. The molecule has 0 saturated heterocycles. The van der Waals surface area contributed by atoms with Crippen molar-refractivity contribution in [1.29, 1.82) is 0 Å². The van der Waals surface area contributed by atoms with Crippen molar-refractivity contribution in [2.24, 2.45) is 46.2 Å². The Hall–Kier alpha value is -1.71. The van der Waals surface area contributed by atoms with Crippen molar-refractivity contribution in [3.63, 3.8) is 0 Å². The van der Waals surface area contributed by atoms with E-state index in [1.165, 1.54) is 0 Å². The fourth-order valence-electron chi connectivity index (χ4n) is 7.09. The van der Waals surface area contributed by atoms with Crippen molar-refractivity contribution >= 4 is 17.5 Å². The molecule has 2 N–H and O–H groups in total. The van der Waals surface area contributed by atoms with Gasteiger partial charge in [-0.25, -0.2) is 0 Å². The van der Waals surface area contributed by atoms with Gasteiger partial charge in [-0.2, -0.15) is 0 Å². The van der Waals surface area contributed by atoms with E-state index in [2.05, 4.69) is 13.8 Å². The summed E-state index contributed by atoms with van der Waals surface area (Å²) in [6.45, 7) is 6.28. The molecule has 140 valence electrons. The van der Waals surface area contributed by atoms with Gasteiger partial charge in [0.2, 0.25) is 5.91 Å². The van der Waals surface area contributed by atoms with Crippen molar-refractivity contribution in [3.05, 3.63) is 23.8 Å². The van der Waals surface area contributed by atoms with E-state index < -0.39 is 0 Å². The molecule has 3 saturated carbocycles. The highest BCUT2D eigenvalue weighted by molar-refractivity contribution is 6.01. The summed E-state index contributed by atoms with van der Waals surface area (Å²) in [6, 6.07) is 0. The van der Waals surface area contributed by atoms with Crippen LogP contribution < -0.4 is 5.73 Å². The third-order valence-corrected chi connectivity index (χ3v) is 8.38. The highest BCUT2D eigenvalue weighted by Gasteiger charge is 2.62. The molecule has 4 aliphatic rings. The predicted molar refractivity (Wildman–Crippen MR) is 98.9 cm³/mol. The first kappa shape index (κ1) is 17.7. The van der Waals surface area contributed by atoms with Crippen molar-refractivity contribution in [2.45, 2.75) is 52.9 Å². The molecule has 7 atom stereocenters. The van der Waals surface area contributed by atoms with E-state index in [9.17, 15) is 14.4 Å². The van der Waals surface area contributed by atoms with Crippen LogP contribution in [0.5, 0.6) is 0 Å². The first-order chi connectivity index (χ1) is 12.2. The zero-order chi connectivity index (χ0) is 18.9.